The van der Waals surface area contributed by atoms with Gasteiger partial charge in [0.1, 0.15) is 6.61 Å². The first kappa shape index (κ1) is 21.0. The fraction of sp³-hybridized carbons (Fsp3) is 0.174. The molecule has 8 heteroatoms. The number of hydrogen-bond acceptors (Lipinski definition) is 6. The molecule has 0 radical (unpaired) electrons. The van der Waals surface area contributed by atoms with Crippen molar-refractivity contribution in [1.29, 1.82) is 0 Å². The summed E-state index contributed by atoms with van der Waals surface area (Å²) in [5.74, 6) is 2.00. The molecule has 158 valence electrons. The van der Waals surface area contributed by atoms with E-state index in [0.717, 1.165) is 16.0 Å². The van der Waals surface area contributed by atoms with E-state index in [1.54, 1.807) is 29.3 Å². The second-order valence-electron chi connectivity index (χ2n) is 7.01. The summed E-state index contributed by atoms with van der Waals surface area (Å²) >= 11 is 6.90. The Kier molecular flexibility index (Phi) is 6.29. The third-order valence-electron chi connectivity index (χ3n) is 4.79. The normalized spacial score (nSPS) is 11.2. The molecule has 0 aliphatic heterocycles. The average molecular weight is 451 g/mol. The number of aromatic nitrogens is 3. The highest BCUT2D eigenvalue weighted by Crippen LogP contribution is 2.29. The molecule has 4 rings (SSSR count). The number of methoxy groups -OCH3 is 1. The Bertz CT molecular complexity index is 1270. The first-order chi connectivity index (χ1) is 15.0. The molecular weight excluding hydrogens is 428 g/mol. The molecule has 2 aromatic heterocycles. The van der Waals surface area contributed by atoms with Crippen LogP contribution >= 0.6 is 23.6 Å². The molecule has 2 heterocycles. The maximum Gasteiger partial charge on any atom is 0.216 e. The third kappa shape index (κ3) is 4.76. The van der Waals surface area contributed by atoms with Gasteiger partial charge in [0, 0.05) is 0 Å². The van der Waals surface area contributed by atoms with Gasteiger partial charge in [-0.1, -0.05) is 29.8 Å². The number of H-pyrrole nitrogens is 1. The van der Waals surface area contributed by atoms with Gasteiger partial charge in [-0.3, -0.25) is 0 Å². The van der Waals surface area contributed by atoms with Gasteiger partial charge in [-0.25, -0.2) is 5.10 Å². The summed E-state index contributed by atoms with van der Waals surface area (Å²) < 4.78 is 13.6. The van der Waals surface area contributed by atoms with Gasteiger partial charge >= 0.3 is 0 Å². The van der Waals surface area contributed by atoms with Gasteiger partial charge in [-0.15, -0.1) is 11.3 Å². The van der Waals surface area contributed by atoms with Crippen LogP contribution in [0.5, 0.6) is 11.5 Å². The van der Waals surface area contributed by atoms with E-state index in [4.69, 9.17) is 21.7 Å². The molecule has 0 saturated carbocycles. The molecule has 4 aromatic rings. The molecule has 0 spiro atoms. The van der Waals surface area contributed by atoms with Crippen LogP contribution in [-0.2, 0) is 6.61 Å². The topological polar surface area (TPSA) is 64.4 Å². The maximum atomic E-state index is 6.04. The molecule has 0 unspecified atom stereocenters. The number of ether oxygens (including phenoxy) is 2. The monoisotopic (exact) mass is 450 g/mol. The molecule has 0 amide bonds. The number of thiophene rings is 1. The Hall–Kier alpha value is -3.23. The lowest BCUT2D eigenvalue weighted by atomic mass is 10.1. The Morgan fingerprint density at radius 1 is 1.16 bits per heavy atom. The molecule has 0 saturated heterocycles. The molecule has 0 aliphatic rings. The minimum atomic E-state index is 0.431. The predicted octanol–water partition coefficient (Wildman–Crippen LogP) is 5.76. The van der Waals surface area contributed by atoms with Crippen molar-refractivity contribution in [2.24, 2.45) is 5.10 Å². The smallest absolute Gasteiger partial charge is 0.216 e. The summed E-state index contributed by atoms with van der Waals surface area (Å²) in [6.07, 6.45) is 1.72. The van der Waals surface area contributed by atoms with Crippen LogP contribution in [0.4, 0.5) is 0 Å². The standard InChI is InChI=1S/C23H22N4O2S2/c1-15-6-7-16(2)18(11-15)14-29-19-9-8-17(12-20(19)28-3)13-24-27-22(25-26-23(27)30)21-5-4-10-31-21/h4-13H,14H2,1-3H3,(H,26,30)/b24-13-. The van der Waals surface area contributed by atoms with Gasteiger partial charge in [-0.05, 0) is 72.4 Å². The van der Waals surface area contributed by atoms with E-state index >= 15 is 0 Å². The highest BCUT2D eigenvalue weighted by molar-refractivity contribution is 7.71. The van der Waals surface area contributed by atoms with Crippen molar-refractivity contribution >= 4 is 29.8 Å². The lowest BCUT2D eigenvalue weighted by molar-refractivity contribution is 0.284. The second-order valence-corrected chi connectivity index (χ2v) is 8.35. The Morgan fingerprint density at radius 2 is 2.03 bits per heavy atom. The van der Waals surface area contributed by atoms with Crippen molar-refractivity contribution in [3.05, 3.63) is 80.9 Å². The van der Waals surface area contributed by atoms with E-state index in [-0.39, 0.29) is 0 Å². The summed E-state index contributed by atoms with van der Waals surface area (Å²) in [6, 6.07) is 16.0. The van der Waals surface area contributed by atoms with Crippen molar-refractivity contribution in [2.75, 3.05) is 7.11 Å². The maximum absolute atomic E-state index is 6.04. The summed E-state index contributed by atoms with van der Waals surface area (Å²) in [5.41, 5.74) is 4.42. The van der Waals surface area contributed by atoms with Crippen LogP contribution < -0.4 is 9.47 Å². The van der Waals surface area contributed by atoms with Gasteiger partial charge in [0.05, 0.1) is 18.2 Å². The van der Waals surface area contributed by atoms with Gasteiger partial charge in [0.15, 0.2) is 17.3 Å². The largest absolute Gasteiger partial charge is 0.493 e. The highest BCUT2D eigenvalue weighted by Gasteiger charge is 2.10. The van der Waals surface area contributed by atoms with Gasteiger partial charge in [0.2, 0.25) is 4.77 Å². The van der Waals surface area contributed by atoms with Gasteiger partial charge in [0.25, 0.3) is 0 Å². The summed E-state index contributed by atoms with van der Waals surface area (Å²) in [5, 5.41) is 13.6. The Labute approximate surface area is 189 Å². The first-order valence-corrected chi connectivity index (χ1v) is 11.0. The average Bonchev–Trinajstić information content (AvgIpc) is 3.43. The summed E-state index contributed by atoms with van der Waals surface area (Å²) in [6.45, 7) is 4.64. The van der Waals surface area contributed by atoms with Crippen molar-refractivity contribution in [1.82, 2.24) is 14.9 Å². The van der Waals surface area contributed by atoms with Crippen LogP contribution in [0.1, 0.15) is 22.3 Å². The van der Waals surface area contributed by atoms with Crippen LogP contribution in [-0.4, -0.2) is 28.2 Å². The lowest BCUT2D eigenvalue weighted by Crippen LogP contribution is -2.01. The first-order valence-electron chi connectivity index (χ1n) is 9.68. The van der Waals surface area contributed by atoms with Gasteiger partial charge in [-0.2, -0.15) is 14.9 Å². The van der Waals surface area contributed by atoms with Crippen molar-refractivity contribution in [3.8, 4) is 22.2 Å². The van der Waals surface area contributed by atoms with Crippen LogP contribution in [0.2, 0.25) is 0 Å². The van der Waals surface area contributed by atoms with E-state index in [1.807, 2.05) is 35.7 Å². The van der Waals surface area contributed by atoms with E-state index in [2.05, 4.69) is 47.3 Å². The van der Waals surface area contributed by atoms with E-state index in [9.17, 15) is 0 Å². The van der Waals surface area contributed by atoms with E-state index in [0.29, 0.717) is 28.7 Å². The van der Waals surface area contributed by atoms with E-state index in [1.165, 1.54) is 11.1 Å². The molecule has 1 N–H and O–H groups in total. The molecule has 0 bridgehead atoms. The minimum absolute atomic E-state index is 0.431. The van der Waals surface area contributed by atoms with Crippen molar-refractivity contribution in [2.45, 2.75) is 20.5 Å². The summed E-state index contributed by atoms with van der Waals surface area (Å²) in [7, 11) is 1.63. The Morgan fingerprint density at radius 3 is 2.81 bits per heavy atom. The molecule has 0 aliphatic carbocycles. The third-order valence-corrected chi connectivity index (χ3v) is 5.92. The molecule has 2 aromatic carbocycles. The van der Waals surface area contributed by atoms with Crippen molar-refractivity contribution < 1.29 is 9.47 Å². The zero-order valence-electron chi connectivity index (χ0n) is 17.5. The fourth-order valence-corrected chi connectivity index (χ4v) is 3.96. The SMILES string of the molecule is COc1cc(/C=N\n2c(-c3cccs3)n[nH]c2=S)ccc1OCc1cc(C)ccc1C. The van der Waals surface area contributed by atoms with Crippen molar-refractivity contribution in [3.63, 3.8) is 0 Å². The Balaban J connectivity index is 1.54. The molecular formula is C23H22N4O2S2. The quantitative estimate of drug-likeness (QED) is 0.287. The second kappa shape index (κ2) is 9.28. The minimum Gasteiger partial charge on any atom is -0.493 e. The molecule has 0 fully saturated rings. The van der Waals surface area contributed by atoms with E-state index < -0.39 is 0 Å². The lowest BCUT2D eigenvalue weighted by Gasteiger charge is -2.13. The fourth-order valence-electron chi connectivity index (χ4n) is 3.08. The number of nitrogens with zero attached hydrogens (tertiary/aromatic N) is 3. The van der Waals surface area contributed by atoms with Crippen LogP contribution in [0.25, 0.3) is 10.7 Å². The number of aryl methyl sites for hydroxylation is 2. The number of benzene rings is 2. The zero-order valence-corrected chi connectivity index (χ0v) is 19.1. The number of rotatable bonds is 7. The molecule has 31 heavy (non-hydrogen) atoms. The van der Waals surface area contributed by atoms with Crippen LogP contribution in [0.3, 0.4) is 0 Å². The predicted molar refractivity (Wildman–Crippen MR) is 127 cm³/mol. The van der Waals surface area contributed by atoms with Gasteiger partial charge < -0.3 is 9.47 Å². The van der Waals surface area contributed by atoms with Crippen LogP contribution in [0.15, 0.2) is 59.0 Å². The summed E-state index contributed by atoms with van der Waals surface area (Å²) in [4.78, 5) is 0.984. The molecule has 0 atom stereocenters. The number of hydrogen-bond donors (Lipinski definition) is 1. The highest BCUT2D eigenvalue weighted by atomic mass is 32.1. The zero-order chi connectivity index (χ0) is 21.8. The van der Waals surface area contributed by atoms with Crippen LogP contribution in [0, 0.1) is 18.6 Å². The number of nitrogens with one attached hydrogen (secondary N) is 1. The molecule has 6 nitrogen and oxygen atoms in total. The number of aromatic amines is 1.